The normalized spacial score (nSPS) is 24.6. The summed E-state index contributed by atoms with van der Waals surface area (Å²) in [5, 5.41) is 11.8. The molecule has 3 aromatic heterocycles. The van der Waals surface area contributed by atoms with Gasteiger partial charge in [0.15, 0.2) is 0 Å². The predicted molar refractivity (Wildman–Crippen MR) is 133 cm³/mol. The number of quaternary nitrogens is 1. The Morgan fingerprint density at radius 2 is 2.06 bits per heavy atom. The first-order valence-electron chi connectivity index (χ1n) is 12.2. The molecule has 1 amide bonds. The highest BCUT2D eigenvalue weighted by atomic mass is 16.4. The van der Waals surface area contributed by atoms with Crippen LogP contribution in [-0.4, -0.2) is 62.2 Å². The van der Waals surface area contributed by atoms with Gasteiger partial charge in [0.05, 0.1) is 23.0 Å². The number of aryl methyl sites for hydroxylation is 1. The summed E-state index contributed by atoms with van der Waals surface area (Å²) < 4.78 is 2.92. The summed E-state index contributed by atoms with van der Waals surface area (Å²) in [5.74, 6) is 1.15. The standard InChI is InChI=1S/C26H34N6O2/c1-26(2,3)32(16-20(17-32)29-25(33)34)23-12-6-11-22-28-19(15-31(22)23)14-30(4)21-10-5-8-18-9-7-13-27-24(18)21/h6-7,9,11-13,15,20-21,29H,5,8,10,14,16-17H2,1-4H3/p+1. The molecular formula is C26H35N6O2+. The van der Waals surface area contributed by atoms with Gasteiger partial charge in [-0.05, 0) is 64.8 Å². The molecule has 34 heavy (non-hydrogen) atoms. The zero-order valence-corrected chi connectivity index (χ0v) is 20.5. The second kappa shape index (κ2) is 8.36. The molecule has 1 fully saturated rings. The van der Waals surface area contributed by atoms with Crippen LogP contribution in [0.25, 0.3) is 5.65 Å². The van der Waals surface area contributed by atoms with Crippen molar-refractivity contribution in [2.45, 2.75) is 64.2 Å². The molecule has 1 saturated heterocycles. The number of fused-ring (bicyclic) bond motifs is 2. The summed E-state index contributed by atoms with van der Waals surface area (Å²) in [4.78, 5) is 23.2. The molecule has 5 rings (SSSR count). The number of likely N-dealkylation sites (tertiary alicyclic amines) is 1. The predicted octanol–water partition coefficient (Wildman–Crippen LogP) is 3.99. The molecule has 1 aliphatic carbocycles. The Labute approximate surface area is 200 Å². The third kappa shape index (κ3) is 3.84. The van der Waals surface area contributed by atoms with Crippen molar-refractivity contribution in [1.29, 1.82) is 0 Å². The van der Waals surface area contributed by atoms with Crippen LogP contribution in [-0.2, 0) is 13.0 Å². The van der Waals surface area contributed by atoms with Crippen LogP contribution in [0.3, 0.4) is 0 Å². The minimum absolute atomic E-state index is 0.0417. The fourth-order valence-corrected chi connectivity index (χ4v) is 5.89. The lowest BCUT2D eigenvalue weighted by Gasteiger charge is -2.56. The number of carbonyl (C=O) groups is 1. The van der Waals surface area contributed by atoms with Crippen LogP contribution in [0, 0.1) is 0 Å². The average Bonchev–Trinajstić information content (AvgIpc) is 3.17. The van der Waals surface area contributed by atoms with Crippen LogP contribution in [0.4, 0.5) is 10.6 Å². The van der Waals surface area contributed by atoms with E-state index in [0.717, 1.165) is 49.6 Å². The van der Waals surface area contributed by atoms with Crippen molar-refractivity contribution < 1.29 is 9.90 Å². The van der Waals surface area contributed by atoms with E-state index in [1.165, 1.54) is 17.7 Å². The largest absolute Gasteiger partial charge is 0.465 e. The van der Waals surface area contributed by atoms with E-state index in [0.29, 0.717) is 10.5 Å². The Morgan fingerprint density at radius 1 is 1.26 bits per heavy atom. The molecule has 3 aromatic rings. The van der Waals surface area contributed by atoms with Crippen LogP contribution < -0.4 is 9.80 Å². The summed E-state index contributed by atoms with van der Waals surface area (Å²) >= 11 is 0. The van der Waals surface area contributed by atoms with Gasteiger partial charge in [0.2, 0.25) is 5.82 Å². The number of imidazole rings is 1. The summed E-state index contributed by atoms with van der Waals surface area (Å²) in [7, 11) is 2.17. The molecule has 0 spiro atoms. The van der Waals surface area contributed by atoms with Crippen molar-refractivity contribution in [3.05, 3.63) is 59.7 Å². The number of hydrogen-bond acceptors (Lipinski definition) is 4. The molecule has 2 N–H and O–H groups in total. The minimum Gasteiger partial charge on any atom is -0.465 e. The number of pyridine rings is 2. The van der Waals surface area contributed by atoms with Crippen molar-refractivity contribution in [1.82, 2.24) is 29.1 Å². The van der Waals surface area contributed by atoms with Gasteiger partial charge < -0.3 is 10.4 Å². The molecule has 0 radical (unpaired) electrons. The molecular weight excluding hydrogens is 428 g/mol. The van der Waals surface area contributed by atoms with E-state index >= 15 is 0 Å². The molecule has 0 bridgehead atoms. The molecule has 0 aromatic carbocycles. The highest BCUT2D eigenvalue weighted by Crippen LogP contribution is 2.40. The zero-order valence-electron chi connectivity index (χ0n) is 20.5. The lowest BCUT2D eigenvalue weighted by Crippen LogP contribution is -2.78. The Morgan fingerprint density at radius 3 is 2.79 bits per heavy atom. The van der Waals surface area contributed by atoms with Crippen LogP contribution in [0.2, 0.25) is 0 Å². The minimum atomic E-state index is -0.957. The summed E-state index contributed by atoms with van der Waals surface area (Å²) in [6.45, 7) is 8.88. The summed E-state index contributed by atoms with van der Waals surface area (Å²) in [5.41, 5.74) is 4.45. The maximum Gasteiger partial charge on any atom is 0.405 e. The Balaban J connectivity index is 1.44. The third-order valence-electron chi connectivity index (χ3n) is 7.74. The highest BCUT2D eigenvalue weighted by molar-refractivity contribution is 5.65. The number of nitrogens with one attached hydrogen (secondary N) is 1. The number of carboxylic acid groups (broad SMARTS) is 1. The molecule has 1 atom stereocenters. The van der Waals surface area contributed by atoms with Crippen LogP contribution >= 0.6 is 0 Å². The van der Waals surface area contributed by atoms with E-state index in [-0.39, 0.29) is 11.6 Å². The fraction of sp³-hybridized carbons (Fsp3) is 0.500. The lowest BCUT2D eigenvalue weighted by molar-refractivity contribution is 0.0373. The van der Waals surface area contributed by atoms with Gasteiger partial charge >= 0.3 is 6.09 Å². The first-order chi connectivity index (χ1) is 16.2. The fourth-order valence-electron chi connectivity index (χ4n) is 5.89. The van der Waals surface area contributed by atoms with Gasteiger partial charge in [-0.2, -0.15) is 0 Å². The maximum atomic E-state index is 11.2. The van der Waals surface area contributed by atoms with Gasteiger partial charge in [0, 0.05) is 25.0 Å². The van der Waals surface area contributed by atoms with Crippen LogP contribution in [0.1, 0.15) is 56.6 Å². The zero-order chi connectivity index (χ0) is 24.1. The van der Waals surface area contributed by atoms with E-state index in [1.807, 2.05) is 12.3 Å². The second-order valence-electron chi connectivity index (χ2n) is 10.9. The van der Waals surface area contributed by atoms with Crippen LogP contribution in [0.5, 0.6) is 0 Å². The van der Waals surface area contributed by atoms with Gasteiger partial charge in [0.1, 0.15) is 24.8 Å². The number of rotatable bonds is 5. The second-order valence-corrected chi connectivity index (χ2v) is 10.9. The first-order valence-corrected chi connectivity index (χ1v) is 12.2. The molecule has 8 nitrogen and oxygen atoms in total. The molecule has 8 heteroatoms. The van der Waals surface area contributed by atoms with Gasteiger partial charge in [-0.1, -0.05) is 12.1 Å². The van der Waals surface area contributed by atoms with Crippen molar-refractivity contribution in [3.63, 3.8) is 0 Å². The van der Waals surface area contributed by atoms with Crippen LogP contribution in [0.15, 0.2) is 42.7 Å². The maximum absolute atomic E-state index is 11.2. The van der Waals surface area contributed by atoms with Crippen molar-refractivity contribution in [2.24, 2.45) is 0 Å². The van der Waals surface area contributed by atoms with Gasteiger partial charge in [-0.25, -0.2) is 9.78 Å². The molecule has 0 saturated carbocycles. The molecule has 180 valence electrons. The quantitative estimate of drug-likeness (QED) is 0.559. The van der Waals surface area contributed by atoms with Crippen molar-refractivity contribution >= 4 is 17.6 Å². The van der Waals surface area contributed by atoms with E-state index in [9.17, 15) is 9.90 Å². The monoisotopic (exact) mass is 463 g/mol. The number of hydrogen-bond donors (Lipinski definition) is 2. The van der Waals surface area contributed by atoms with E-state index in [4.69, 9.17) is 9.97 Å². The molecule has 4 heterocycles. The molecule has 2 aliphatic rings. The average molecular weight is 464 g/mol. The smallest absolute Gasteiger partial charge is 0.405 e. The summed E-state index contributed by atoms with van der Waals surface area (Å²) in [6, 6.07) is 10.8. The van der Waals surface area contributed by atoms with Gasteiger partial charge in [0.25, 0.3) is 0 Å². The lowest BCUT2D eigenvalue weighted by atomic mass is 9.90. The van der Waals surface area contributed by atoms with Crippen molar-refractivity contribution in [2.75, 3.05) is 20.1 Å². The SMILES string of the molecule is CN(Cc1cn2c([N+]3(C(C)(C)C)CC(NC(=O)O)C3)cccc2n1)C1CCCc2cccnc21. The summed E-state index contributed by atoms with van der Waals surface area (Å²) in [6.07, 6.45) is 6.50. The Hall–Kier alpha value is -2.97. The topological polar surface area (TPSA) is 82.8 Å². The first kappa shape index (κ1) is 22.8. The van der Waals surface area contributed by atoms with Crippen molar-refractivity contribution in [3.8, 4) is 0 Å². The number of nitrogens with zero attached hydrogens (tertiary/aromatic N) is 5. The Kier molecular flexibility index (Phi) is 5.61. The Bertz CT molecular complexity index is 1210. The van der Waals surface area contributed by atoms with E-state index in [2.05, 4.69) is 72.9 Å². The van der Waals surface area contributed by atoms with E-state index in [1.54, 1.807) is 0 Å². The van der Waals surface area contributed by atoms with Gasteiger partial charge in [-0.15, -0.1) is 0 Å². The highest BCUT2D eigenvalue weighted by Gasteiger charge is 2.55. The number of aromatic nitrogens is 3. The van der Waals surface area contributed by atoms with E-state index < -0.39 is 6.09 Å². The number of amides is 1. The molecule has 1 unspecified atom stereocenters. The third-order valence-corrected chi connectivity index (χ3v) is 7.74. The van der Waals surface area contributed by atoms with Gasteiger partial charge in [-0.3, -0.25) is 18.8 Å². The molecule has 1 aliphatic heterocycles.